The van der Waals surface area contributed by atoms with Gasteiger partial charge in [0.05, 0.1) is 0 Å². The Balaban J connectivity index is 2.48. The number of alkyl carbamates (subject to hydrolysis) is 1. The van der Waals surface area contributed by atoms with Crippen LogP contribution in [0.1, 0.15) is 47.0 Å². The molecule has 0 saturated carbocycles. The fraction of sp³-hybridized carbons (Fsp3) is 0.500. The van der Waals surface area contributed by atoms with E-state index in [0.717, 1.165) is 12.8 Å². The Morgan fingerprint density at radius 1 is 1.04 bits per heavy atom. The van der Waals surface area contributed by atoms with Gasteiger partial charge >= 0.3 is 6.09 Å². The molecule has 25 heavy (non-hydrogen) atoms. The monoisotopic (exact) mass is 349 g/mol. The molecular formula is C18H27N3O4. The molecule has 0 unspecified atom stereocenters. The van der Waals surface area contributed by atoms with E-state index in [2.05, 4.69) is 16.0 Å². The fourth-order valence-corrected chi connectivity index (χ4v) is 1.91. The highest BCUT2D eigenvalue weighted by molar-refractivity contribution is 5.95. The zero-order chi connectivity index (χ0) is 18.9. The summed E-state index contributed by atoms with van der Waals surface area (Å²) >= 11 is 0. The molecule has 0 radical (unpaired) electrons. The summed E-state index contributed by atoms with van der Waals surface area (Å²) in [5, 5.41) is 7.83. The standard InChI is InChI=1S/C18H27N3O4/c1-5-6-10-15(22)20-13-8-7-9-14(11-13)21-16(23)12-19-17(24)25-18(2,3)4/h7-9,11H,5-6,10,12H2,1-4H3,(H,19,24)(H,20,22)(H,21,23). The zero-order valence-electron chi connectivity index (χ0n) is 15.3. The van der Waals surface area contributed by atoms with Crippen molar-refractivity contribution in [3.8, 4) is 0 Å². The Morgan fingerprint density at radius 2 is 1.64 bits per heavy atom. The van der Waals surface area contributed by atoms with E-state index in [1.54, 1.807) is 45.0 Å². The summed E-state index contributed by atoms with van der Waals surface area (Å²) in [6, 6.07) is 6.84. The van der Waals surface area contributed by atoms with Crippen LogP contribution in [0.4, 0.5) is 16.2 Å². The van der Waals surface area contributed by atoms with E-state index in [1.807, 2.05) is 6.92 Å². The number of amides is 3. The molecule has 7 nitrogen and oxygen atoms in total. The number of rotatable bonds is 7. The number of carbonyl (C=O) groups is 3. The molecule has 7 heteroatoms. The van der Waals surface area contributed by atoms with Gasteiger partial charge in [0, 0.05) is 17.8 Å². The quantitative estimate of drug-likeness (QED) is 0.704. The van der Waals surface area contributed by atoms with Crippen molar-refractivity contribution in [1.82, 2.24) is 5.32 Å². The summed E-state index contributed by atoms with van der Waals surface area (Å²) < 4.78 is 5.06. The summed E-state index contributed by atoms with van der Waals surface area (Å²) in [6.45, 7) is 7.05. The minimum atomic E-state index is -0.653. The molecular weight excluding hydrogens is 322 g/mol. The Hall–Kier alpha value is -2.57. The van der Waals surface area contributed by atoms with E-state index in [1.165, 1.54) is 0 Å². The molecule has 138 valence electrons. The molecule has 1 aromatic carbocycles. The third-order valence-electron chi connectivity index (χ3n) is 2.98. The summed E-state index contributed by atoms with van der Waals surface area (Å²) in [5.41, 5.74) is 0.522. The number of nitrogens with one attached hydrogen (secondary N) is 3. The van der Waals surface area contributed by atoms with Crippen molar-refractivity contribution in [3.05, 3.63) is 24.3 Å². The summed E-state index contributed by atoms with van der Waals surface area (Å²) in [7, 11) is 0. The third-order valence-corrected chi connectivity index (χ3v) is 2.98. The first-order valence-corrected chi connectivity index (χ1v) is 8.36. The highest BCUT2D eigenvalue weighted by Gasteiger charge is 2.16. The van der Waals surface area contributed by atoms with Crippen molar-refractivity contribution in [3.63, 3.8) is 0 Å². The van der Waals surface area contributed by atoms with Gasteiger partial charge in [-0.3, -0.25) is 9.59 Å². The van der Waals surface area contributed by atoms with Crippen LogP contribution in [0.15, 0.2) is 24.3 Å². The number of ether oxygens (including phenoxy) is 1. The summed E-state index contributed by atoms with van der Waals surface area (Å²) in [6.07, 6.45) is 1.60. The average Bonchev–Trinajstić information content (AvgIpc) is 2.49. The first kappa shape index (κ1) is 20.5. The number of carbonyl (C=O) groups excluding carboxylic acids is 3. The topological polar surface area (TPSA) is 96.5 Å². The highest BCUT2D eigenvalue weighted by atomic mass is 16.6. The molecule has 1 aromatic rings. The van der Waals surface area contributed by atoms with Crippen molar-refractivity contribution >= 4 is 29.3 Å². The lowest BCUT2D eigenvalue weighted by Gasteiger charge is -2.19. The minimum absolute atomic E-state index is 0.0584. The largest absolute Gasteiger partial charge is 0.444 e. The normalized spacial score (nSPS) is 10.7. The van der Waals surface area contributed by atoms with Crippen molar-refractivity contribution < 1.29 is 19.1 Å². The van der Waals surface area contributed by atoms with Crippen LogP contribution in [-0.4, -0.2) is 30.1 Å². The van der Waals surface area contributed by atoms with Crippen molar-refractivity contribution in [2.75, 3.05) is 17.2 Å². The predicted octanol–water partition coefficient (Wildman–Crippen LogP) is 3.28. The fourth-order valence-electron chi connectivity index (χ4n) is 1.91. The lowest BCUT2D eigenvalue weighted by atomic mass is 10.2. The van der Waals surface area contributed by atoms with Gasteiger partial charge in [-0.25, -0.2) is 4.79 Å². The van der Waals surface area contributed by atoms with Gasteiger partial charge in [-0.1, -0.05) is 19.4 Å². The van der Waals surface area contributed by atoms with Gasteiger partial charge in [-0.2, -0.15) is 0 Å². The maximum Gasteiger partial charge on any atom is 0.408 e. The van der Waals surface area contributed by atoms with Gasteiger partial charge in [0.15, 0.2) is 0 Å². The molecule has 0 atom stereocenters. The zero-order valence-corrected chi connectivity index (χ0v) is 15.3. The Kier molecular flexibility index (Phi) is 7.91. The van der Waals surface area contributed by atoms with Gasteiger partial charge in [0.1, 0.15) is 12.1 Å². The van der Waals surface area contributed by atoms with Crippen LogP contribution in [0, 0.1) is 0 Å². The lowest BCUT2D eigenvalue weighted by Crippen LogP contribution is -2.37. The lowest BCUT2D eigenvalue weighted by molar-refractivity contribution is -0.116. The second-order valence-electron chi connectivity index (χ2n) is 6.64. The van der Waals surface area contributed by atoms with Crippen LogP contribution in [-0.2, 0) is 14.3 Å². The van der Waals surface area contributed by atoms with Gasteiger partial charge in [0.25, 0.3) is 0 Å². The van der Waals surface area contributed by atoms with Crippen molar-refractivity contribution in [2.45, 2.75) is 52.6 Å². The second-order valence-corrected chi connectivity index (χ2v) is 6.64. The number of hydrogen-bond donors (Lipinski definition) is 3. The van der Waals surface area contributed by atoms with Crippen molar-refractivity contribution in [2.24, 2.45) is 0 Å². The molecule has 3 N–H and O–H groups in total. The molecule has 0 aromatic heterocycles. The number of benzene rings is 1. The molecule has 3 amide bonds. The molecule has 0 aliphatic heterocycles. The average molecular weight is 349 g/mol. The van der Waals surface area contributed by atoms with Gasteiger partial charge in [-0.05, 0) is 45.4 Å². The van der Waals surface area contributed by atoms with Gasteiger partial charge in [0.2, 0.25) is 11.8 Å². The minimum Gasteiger partial charge on any atom is -0.444 e. The Labute approximate surface area is 148 Å². The summed E-state index contributed by atoms with van der Waals surface area (Å²) in [4.78, 5) is 35.1. The Bertz CT molecular complexity index is 609. The molecule has 0 fully saturated rings. The first-order chi connectivity index (χ1) is 11.7. The smallest absolute Gasteiger partial charge is 0.408 e. The van der Waals surface area contributed by atoms with Crippen molar-refractivity contribution in [1.29, 1.82) is 0 Å². The molecule has 0 spiro atoms. The predicted molar refractivity (Wildman–Crippen MR) is 97.5 cm³/mol. The van der Waals surface area contributed by atoms with E-state index in [4.69, 9.17) is 4.74 Å². The van der Waals surface area contributed by atoms with Crippen LogP contribution in [0.3, 0.4) is 0 Å². The number of hydrogen-bond acceptors (Lipinski definition) is 4. The van der Waals surface area contributed by atoms with Gasteiger partial charge < -0.3 is 20.7 Å². The number of anilines is 2. The Morgan fingerprint density at radius 3 is 2.20 bits per heavy atom. The van der Waals surface area contributed by atoms with Crippen LogP contribution in [0.25, 0.3) is 0 Å². The van der Waals surface area contributed by atoms with Crippen LogP contribution in [0.2, 0.25) is 0 Å². The summed E-state index contributed by atoms with van der Waals surface area (Å²) in [5.74, 6) is -0.447. The molecule has 0 bridgehead atoms. The molecule has 0 aliphatic carbocycles. The van der Waals surface area contributed by atoms with Crippen LogP contribution < -0.4 is 16.0 Å². The van der Waals surface area contributed by atoms with E-state index in [9.17, 15) is 14.4 Å². The molecule has 0 saturated heterocycles. The second kappa shape index (κ2) is 9.66. The molecule has 1 rings (SSSR count). The highest BCUT2D eigenvalue weighted by Crippen LogP contribution is 2.15. The number of unbranched alkanes of at least 4 members (excludes halogenated alkanes) is 1. The van der Waals surface area contributed by atoms with Gasteiger partial charge in [-0.15, -0.1) is 0 Å². The molecule has 0 heterocycles. The first-order valence-electron chi connectivity index (χ1n) is 8.36. The van der Waals surface area contributed by atoms with Crippen LogP contribution >= 0.6 is 0 Å². The van der Waals surface area contributed by atoms with E-state index in [-0.39, 0.29) is 18.4 Å². The van der Waals surface area contributed by atoms with E-state index >= 15 is 0 Å². The van der Waals surface area contributed by atoms with E-state index < -0.39 is 11.7 Å². The molecule has 0 aliphatic rings. The van der Waals surface area contributed by atoms with E-state index in [0.29, 0.717) is 17.8 Å². The SMILES string of the molecule is CCCCC(=O)Nc1cccc(NC(=O)CNC(=O)OC(C)(C)C)c1. The maximum absolute atomic E-state index is 11.9. The third kappa shape index (κ3) is 9.34. The van der Waals surface area contributed by atoms with Crippen LogP contribution in [0.5, 0.6) is 0 Å². The maximum atomic E-state index is 11.9.